The van der Waals surface area contributed by atoms with Crippen LogP contribution in [-0.2, 0) is 13.9 Å². The molecule has 0 rings (SSSR count). The Balaban J connectivity index is 3.82. The van der Waals surface area contributed by atoms with Gasteiger partial charge in [-0.1, -0.05) is 0 Å². The molecule has 0 aliphatic carbocycles. The monoisotopic (exact) mass is 134 g/mol. The minimum atomic E-state index is -1.79. The number of hydrogen-bond donors (Lipinski definition) is 0. The van der Waals surface area contributed by atoms with E-state index in [9.17, 15) is 0 Å². The zero-order chi connectivity index (χ0) is 5.70. The molecule has 0 amide bonds. The maximum atomic E-state index is 7.87. The van der Waals surface area contributed by atoms with Crippen LogP contribution in [0, 0.1) is 30.7 Å². The molecule has 0 fully saturated rings. The molecule has 0 aromatic heterocycles. The van der Waals surface area contributed by atoms with E-state index in [4.69, 9.17) is 15.8 Å². The molecule has 35 valence electrons. The first-order valence-corrected chi connectivity index (χ1v) is 2.86. The molecular weight excluding hydrogens is 134 g/mol. The van der Waals surface area contributed by atoms with E-state index in [2.05, 4.69) is 0 Å². The SMILES string of the molecule is N#[C][Fe]([C]#N)[C]#N. The minimum absolute atomic E-state index is 1.56. The van der Waals surface area contributed by atoms with Crippen LogP contribution in [0.4, 0.5) is 0 Å². The van der Waals surface area contributed by atoms with Crippen molar-refractivity contribution in [3.05, 3.63) is 0 Å². The van der Waals surface area contributed by atoms with Gasteiger partial charge in [0.15, 0.2) is 0 Å². The average molecular weight is 134 g/mol. The van der Waals surface area contributed by atoms with E-state index >= 15 is 0 Å². The van der Waals surface area contributed by atoms with Gasteiger partial charge in [-0.2, -0.15) is 0 Å². The van der Waals surface area contributed by atoms with Crippen molar-refractivity contribution in [2.24, 2.45) is 0 Å². The van der Waals surface area contributed by atoms with Crippen LogP contribution in [0.3, 0.4) is 0 Å². The summed E-state index contributed by atoms with van der Waals surface area (Å²) >= 11 is -1.79. The third kappa shape index (κ3) is 1.79. The van der Waals surface area contributed by atoms with Gasteiger partial charge in [0.25, 0.3) is 0 Å². The van der Waals surface area contributed by atoms with Gasteiger partial charge >= 0.3 is 44.6 Å². The van der Waals surface area contributed by atoms with Gasteiger partial charge in [0.1, 0.15) is 0 Å². The fourth-order valence-electron chi connectivity index (χ4n) is 0.0530. The first-order valence-electron chi connectivity index (χ1n) is 1.20. The summed E-state index contributed by atoms with van der Waals surface area (Å²) in [6.07, 6.45) is 0. The van der Waals surface area contributed by atoms with Crippen molar-refractivity contribution in [1.82, 2.24) is 0 Å². The fraction of sp³-hybridized carbons (Fsp3) is 0. The molecule has 3 nitrogen and oxygen atoms in total. The predicted molar refractivity (Wildman–Crippen MR) is 16.8 cm³/mol. The quantitative estimate of drug-likeness (QED) is 0.439. The van der Waals surface area contributed by atoms with Crippen molar-refractivity contribution in [2.45, 2.75) is 0 Å². The van der Waals surface area contributed by atoms with Crippen LogP contribution in [0.5, 0.6) is 0 Å². The van der Waals surface area contributed by atoms with Crippen molar-refractivity contribution in [3.8, 4) is 14.9 Å². The molecule has 0 aliphatic rings. The molecule has 0 unspecified atom stereocenters. The van der Waals surface area contributed by atoms with Crippen molar-refractivity contribution in [1.29, 1.82) is 15.8 Å². The van der Waals surface area contributed by atoms with Gasteiger partial charge in [-0.05, 0) is 0 Å². The third-order valence-corrected chi connectivity index (χ3v) is 0.978. The van der Waals surface area contributed by atoms with Gasteiger partial charge in [0.05, 0.1) is 0 Å². The van der Waals surface area contributed by atoms with Gasteiger partial charge < -0.3 is 0 Å². The Hall–Kier alpha value is -1.01. The van der Waals surface area contributed by atoms with Crippen molar-refractivity contribution in [3.63, 3.8) is 0 Å². The Bertz CT molecular complexity index is 133. The second-order valence-electron chi connectivity index (χ2n) is 0.502. The summed E-state index contributed by atoms with van der Waals surface area (Å²) in [5.74, 6) is 0. The van der Waals surface area contributed by atoms with Crippen LogP contribution >= 0.6 is 0 Å². The van der Waals surface area contributed by atoms with Gasteiger partial charge in [0, 0.05) is 0 Å². The molecule has 0 radical (unpaired) electrons. The molecule has 4 heteroatoms. The van der Waals surface area contributed by atoms with Gasteiger partial charge in [-0.15, -0.1) is 0 Å². The molecule has 0 aliphatic heterocycles. The molecule has 7 heavy (non-hydrogen) atoms. The van der Waals surface area contributed by atoms with E-state index < -0.39 is 13.9 Å². The first kappa shape index (κ1) is 5.99. The number of nitriles is 3. The molecular formula is C3FeN3. The molecule has 0 saturated heterocycles. The molecule has 0 aromatic rings. The van der Waals surface area contributed by atoms with Crippen LogP contribution in [0.25, 0.3) is 0 Å². The average Bonchev–Trinajstić information content (AvgIpc) is 1.72. The Morgan fingerprint density at radius 2 is 1.14 bits per heavy atom. The molecule has 0 N–H and O–H groups in total. The van der Waals surface area contributed by atoms with Crippen LogP contribution < -0.4 is 0 Å². The van der Waals surface area contributed by atoms with Gasteiger partial charge in [-0.25, -0.2) is 0 Å². The zero-order valence-electron chi connectivity index (χ0n) is 3.20. The second-order valence-corrected chi connectivity index (χ2v) is 2.07. The summed E-state index contributed by atoms with van der Waals surface area (Å²) in [7, 11) is 0. The Morgan fingerprint density at radius 1 is 0.857 bits per heavy atom. The Kier molecular flexibility index (Phi) is 2.73. The summed E-state index contributed by atoms with van der Waals surface area (Å²) < 4.78 is 0. The van der Waals surface area contributed by atoms with Crippen LogP contribution in [0.2, 0.25) is 0 Å². The van der Waals surface area contributed by atoms with E-state index in [-0.39, 0.29) is 0 Å². The maximum absolute atomic E-state index is 7.87. The predicted octanol–water partition coefficient (Wildman–Crippen LogP) is 0.0478. The third-order valence-electron chi connectivity index (χ3n) is 0.237. The summed E-state index contributed by atoms with van der Waals surface area (Å²) in [6.45, 7) is 0. The normalized spacial score (nSPS) is 7.29. The summed E-state index contributed by atoms with van der Waals surface area (Å²) in [4.78, 5) is 4.69. The molecule has 0 aromatic carbocycles. The molecule has 0 bridgehead atoms. The molecule has 0 atom stereocenters. The standard InChI is InChI=1S/3CN.Fe/c3*1-2;. The van der Waals surface area contributed by atoms with Crippen molar-refractivity contribution in [2.75, 3.05) is 0 Å². The van der Waals surface area contributed by atoms with E-state index in [1.165, 1.54) is 0 Å². The Morgan fingerprint density at radius 3 is 1.14 bits per heavy atom. The second kappa shape index (κ2) is 3.19. The Labute approximate surface area is 45.3 Å². The van der Waals surface area contributed by atoms with Crippen molar-refractivity contribution >= 4 is 0 Å². The number of hydrogen-bond acceptors (Lipinski definition) is 3. The fourth-order valence-corrected chi connectivity index (χ4v) is 0.219. The number of rotatable bonds is 0. The van der Waals surface area contributed by atoms with E-state index in [0.29, 0.717) is 0 Å². The van der Waals surface area contributed by atoms with Gasteiger partial charge in [-0.3, -0.25) is 0 Å². The molecule has 0 spiro atoms. The zero-order valence-corrected chi connectivity index (χ0v) is 4.30. The summed E-state index contributed by atoms with van der Waals surface area (Å²) in [6, 6.07) is 0. The van der Waals surface area contributed by atoms with Crippen LogP contribution in [0.15, 0.2) is 0 Å². The van der Waals surface area contributed by atoms with E-state index in [1.54, 1.807) is 14.9 Å². The molecule has 0 heterocycles. The van der Waals surface area contributed by atoms with E-state index in [1.807, 2.05) is 0 Å². The van der Waals surface area contributed by atoms with Gasteiger partial charge in [0.2, 0.25) is 0 Å². The summed E-state index contributed by atoms with van der Waals surface area (Å²) in [5, 5.41) is 23.6. The summed E-state index contributed by atoms with van der Waals surface area (Å²) in [5.41, 5.74) is 0. The topological polar surface area (TPSA) is 71.4 Å². The molecule has 0 saturated carbocycles. The van der Waals surface area contributed by atoms with Crippen LogP contribution in [0.1, 0.15) is 0 Å². The van der Waals surface area contributed by atoms with Crippen LogP contribution in [-0.4, -0.2) is 0 Å². The van der Waals surface area contributed by atoms with Crippen molar-refractivity contribution < 1.29 is 13.9 Å². The van der Waals surface area contributed by atoms with E-state index in [0.717, 1.165) is 0 Å². The number of nitrogens with zero attached hydrogens (tertiary/aromatic N) is 3. The first-order chi connectivity index (χ1) is 3.35.